The average molecular weight is 327 g/mol. The molecule has 0 bridgehead atoms. The quantitative estimate of drug-likeness (QED) is 0.793. The number of nitrogens with zero attached hydrogens (tertiary/aromatic N) is 3. The largest absolute Gasteiger partial charge is 0.251 e. The molecule has 2 aromatic rings. The van der Waals surface area contributed by atoms with Crippen LogP contribution in [0.3, 0.4) is 0 Å². The number of rotatable bonds is 3. The smallest absolute Gasteiger partial charge is 0.179 e. The third-order valence-electron chi connectivity index (χ3n) is 2.56. The second-order valence-electron chi connectivity index (χ2n) is 4.23. The van der Waals surface area contributed by atoms with Crippen LogP contribution in [-0.2, 0) is 5.33 Å². The van der Waals surface area contributed by atoms with Gasteiger partial charge >= 0.3 is 0 Å². The van der Waals surface area contributed by atoms with Crippen LogP contribution in [0, 0.1) is 0 Å². The van der Waals surface area contributed by atoms with Gasteiger partial charge in [0.05, 0.1) is 10.7 Å². The predicted octanol–water partition coefficient (Wildman–Crippen LogP) is 4.21. The van der Waals surface area contributed by atoms with Gasteiger partial charge in [-0.25, -0.2) is 9.97 Å². The van der Waals surface area contributed by atoms with E-state index in [9.17, 15) is 0 Å². The first-order valence-electron chi connectivity index (χ1n) is 5.66. The minimum absolute atomic E-state index is 0.335. The lowest BCUT2D eigenvalue weighted by molar-refractivity contribution is 0.802. The van der Waals surface area contributed by atoms with Gasteiger partial charge in [-0.05, 0) is 18.1 Å². The first-order chi connectivity index (χ1) is 8.63. The summed E-state index contributed by atoms with van der Waals surface area (Å²) in [6.07, 6.45) is 3.52. The molecule has 18 heavy (non-hydrogen) atoms. The standard InChI is InChI=1S/C13H13BrClN3/c1-8(2)11-9(6-14)7-17-13(18-11)12-10(15)4-3-5-16-12/h3-5,7-8H,6H2,1-2H3. The summed E-state index contributed by atoms with van der Waals surface area (Å²) in [6.45, 7) is 4.22. The average Bonchev–Trinajstić information content (AvgIpc) is 2.38. The Balaban J connectivity index is 2.54. The van der Waals surface area contributed by atoms with E-state index in [1.54, 1.807) is 18.3 Å². The van der Waals surface area contributed by atoms with Crippen molar-refractivity contribution in [3.8, 4) is 11.5 Å². The van der Waals surface area contributed by atoms with Crippen molar-refractivity contribution in [2.75, 3.05) is 0 Å². The molecule has 0 atom stereocenters. The van der Waals surface area contributed by atoms with E-state index < -0.39 is 0 Å². The topological polar surface area (TPSA) is 38.7 Å². The molecule has 0 radical (unpaired) electrons. The van der Waals surface area contributed by atoms with Gasteiger partial charge in [0.2, 0.25) is 0 Å². The van der Waals surface area contributed by atoms with Crippen molar-refractivity contribution in [2.24, 2.45) is 0 Å². The molecule has 0 saturated heterocycles. The van der Waals surface area contributed by atoms with E-state index in [2.05, 4.69) is 44.7 Å². The van der Waals surface area contributed by atoms with Crippen LogP contribution >= 0.6 is 27.5 Å². The van der Waals surface area contributed by atoms with Crippen LogP contribution in [-0.4, -0.2) is 15.0 Å². The van der Waals surface area contributed by atoms with Gasteiger partial charge in [0, 0.05) is 23.3 Å². The van der Waals surface area contributed by atoms with E-state index in [0.29, 0.717) is 22.5 Å². The van der Waals surface area contributed by atoms with E-state index >= 15 is 0 Å². The molecule has 0 spiro atoms. The highest BCUT2D eigenvalue weighted by atomic mass is 79.9. The minimum atomic E-state index is 0.335. The fourth-order valence-electron chi connectivity index (χ4n) is 1.69. The Morgan fingerprint density at radius 2 is 2.11 bits per heavy atom. The Morgan fingerprint density at radius 1 is 1.33 bits per heavy atom. The third kappa shape index (κ3) is 2.70. The van der Waals surface area contributed by atoms with Crippen molar-refractivity contribution in [3.63, 3.8) is 0 Å². The van der Waals surface area contributed by atoms with Gasteiger partial charge in [0.25, 0.3) is 0 Å². The van der Waals surface area contributed by atoms with Crippen LogP contribution in [0.4, 0.5) is 0 Å². The summed E-state index contributed by atoms with van der Waals surface area (Å²) < 4.78 is 0. The number of hydrogen-bond donors (Lipinski definition) is 0. The first-order valence-corrected chi connectivity index (χ1v) is 7.16. The predicted molar refractivity (Wildman–Crippen MR) is 77.0 cm³/mol. The second-order valence-corrected chi connectivity index (χ2v) is 5.19. The minimum Gasteiger partial charge on any atom is -0.251 e. The molecule has 3 nitrogen and oxygen atoms in total. The molecule has 0 aliphatic rings. The molecular weight excluding hydrogens is 314 g/mol. The molecule has 2 aromatic heterocycles. The maximum absolute atomic E-state index is 6.11. The van der Waals surface area contributed by atoms with Gasteiger partial charge in [-0.15, -0.1) is 0 Å². The lowest BCUT2D eigenvalue weighted by atomic mass is 10.1. The molecule has 0 aromatic carbocycles. The Kier molecular flexibility index (Phi) is 4.30. The fourth-order valence-corrected chi connectivity index (χ4v) is 2.33. The molecule has 0 unspecified atom stereocenters. The maximum atomic E-state index is 6.11. The SMILES string of the molecule is CC(C)c1nc(-c2ncccc2Cl)ncc1CBr. The van der Waals surface area contributed by atoms with E-state index in [-0.39, 0.29) is 0 Å². The molecule has 94 valence electrons. The Labute approximate surface area is 120 Å². The van der Waals surface area contributed by atoms with Crippen LogP contribution < -0.4 is 0 Å². The fraction of sp³-hybridized carbons (Fsp3) is 0.308. The van der Waals surface area contributed by atoms with Crippen LogP contribution in [0.15, 0.2) is 24.5 Å². The Hall–Kier alpha value is -1.00. The molecule has 0 fully saturated rings. The highest BCUT2D eigenvalue weighted by Crippen LogP contribution is 2.25. The van der Waals surface area contributed by atoms with Crippen molar-refractivity contribution in [1.82, 2.24) is 15.0 Å². The van der Waals surface area contributed by atoms with Gasteiger partial charge in [-0.3, -0.25) is 4.98 Å². The molecule has 0 amide bonds. The van der Waals surface area contributed by atoms with Gasteiger partial charge in [-0.2, -0.15) is 0 Å². The number of pyridine rings is 1. The van der Waals surface area contributed by atoms with E-state index in [0.717, 1.165) is 16.6 Å². The molecule has 5 heteroatoms. The molecule has 0 N–H and O–H groups in total. The zero-order valence-corrected chi connectivity index (χ0v) is 12.5. The summed E-state index contributed by atoms with van der Waals surface area (Å²) in [6, 6.07) is 3.59. The van der Waals surface area contributed by atoms with Crippen LogP contribution in [0.2, 0.25) is 5.02 Å². The molecule has 2 heterocycles. The lowest BCUT2D eigenvalue weighted by Gasteiger charge is -2.11. The third-order valence-corrected chi connectivity index (χ3v) is 3.47. The van der Waals surface area contributed by atoms with Crippen LogP contribution in [0.1, 0.15) is 31.0 Å². The van der Waals surface area contributed by atoms with Crippen molar-refractivity contribution in [3.05, 3.63) is 40.8 Å². The molecular formula is C13H13BrClN3. The van der Waals surface area contributed by atoms with Crippen molar-refractivity contribution in [2.45, 2.75) is 25.1 Å². The monoisotopic (exact) mass is 325 g/mol. The van der Waals surface area contributed by atoms with E-state index in [1.165, 1.54) is 0 Å². The molecule has 0 aliphatic carbocycles. The Morgan fingerprint density at radius 3 is 2.72 bits per heavy atom. The summed E-state index contributed by atoms with van der Waals surface area (Å²) in [5.41, 5.74) is 2.75. The summed E-state index contributed by atoms with van der Waals surface area (Å²) in [4.78, 5) is 13.2. The summed E-state index contributed by atoms with van der Waals surface area (Å²) >= 11 is 9.56. The van der Waals surface area contributed by atoms with Crippen LogP contribution in [0.5, 0.6) is 0 Å². The van der Waals surface area contributed by atoms with Crippen LogP contribution in [0.25, 0.3) is 11.5 Å². The first kappa shape index (κ1) is 13.4. The zero-order valence-electron chi connectivity index (χ0n) is 10.2. The van der Waals surface area contributed by atoms with Gasteiger partial charge in [0.1, 0.15) is 5.69 Å². The van der Waals surface area contributed by atoms with Gasteiger partial charge in [-0.1, -0.05) is 41.4 Å². The zero-order chi connectivity index (χ0) is 13.1. The maximum Gasteiger partial charge on any atom is 0.179 e. The highest BCUT2D eigenvalue weighted by molar-refractivity contribution is 9.08. The van der Waals surface area contributed by atoms with Gasteiger partial charge in [0.15, 0.2) is 5.82 Å². The summed E-state index contributed by atoms with van der Waals surface area (Å²) in [7, 11) is 0. The normalized spacial score (nSPS) is 10.9. The highest BCUT2D eigenvalue weighted by Gasteiger charge is 2.13. The number of alkyl halides is 1. The van der Waals surface area contributed by atoms with Crippen molar-refractivity contribution in [1.29, 1.82) is 0 Å². The van der Waals surface area contributed by atoms with Gasteiger partial charge < -0.3 is 0 Å². The second kappa shape index (κ2) is 5.76. The summed E-state index contributed by atoms with van der Waals surface area (Å²) in [5.74, 6) is 0.913. The lowest BCUT2D eigenvalue weighted by Crippen LogP contribution is -2.03. The number of aromatic nitrogens is 3. The number of halogens is 2. The van der Waals surface area contributed by atoms with Crippen molar-refractivity contribution < 1.29 is 0 Å². The number of hydrogen-bond acceptors (Lipinski definition) is 3. The molecule has 2 rings (SSSR count). The molecule has 0 aliphatic heterocycles. The summed E-state index contributed by atoms with van der Waals surface area (Å²) in [5, 5.41) is 1.32. The molecule has 0 saturated carbocycles. The Bertz CT molecular complexity index is 558. The van der Waals surface area contributed by atoms with E-state index in [1.807, 2.05) is 6.20 Å². The van der Waals surface area contributed by atoms with Crippen molar-refractivity contribution >= 4 is 27.5 Å². The van der Waals surface area contributed by atoms with E-state index in [4.69, 9.17) is 11.6 Å².